The van der Waals surface area contributed by atoms with Crippen molar-refractivity contribution >= 4 is 5.69 Å². The van der Waals surface area contributed by atoms with Crippen LogP contribution in [0, 0.1) is 11.7 Å². The third-order valence-corrected chi connectivity index (χ3v) is 4.14. The fourth-order valence-electron chi connectivity index (χ4n) is 3.03. The minimum Gasteiger partial charge on any atom is -0.398 e. The lowest BCUT2D eigenvalue weighted by atomic mass is 9.96. The maximum Gasteiger partial charge on any atom is 0.125 e. The Hall–Kier alpha value is -1.09. The molecule has 2 nitrogen and oxygen atoms in total. The maximum absolute atomic E-state index is 13.0. The molecule has 0 bridgehead atoms. The molecule has 0 aliphatic carbocycles. The molecule has 1 aromatic carbocycles. The quantitative estimate of drug-likeness (QED) is 0.838. The van der Waals surface area contributed by atoms with E-state index < -0.39 is 0 Å². The van der Waals surface area contributed by atoms with E-state index in [1.807, 2.05) is 6.07 Å². The Morgan fingerprint density at radius 3 is 2.89 bits per heavy atom. The van der Waals surface area contributed by atoms with Gasteiger partial charge in [0.25, 0.3) is 0 Å². The van der Waals surface area contributed by atoms with E-state index in [1.54, 1.807) is 0 Å². The molecule has 0 spiro atoms. The standard InChI is InChI=1S/C16H25FN2/c1-2-4-13-5-3-9-19(10-8-13)12-14-6-7-15(17)11-16(14)18/h6-7,11,13H,2-5,8-10,12,18H2,1H3. The minimum atomic E-state index is -0.250. The van der Waals surface area contributed by atoms with Gasteiger partial charge in [0.15, 0.2) is 0 Å². The highest BCUT2D eigenvalue weighted by Crippen LogP contribution is 2.24. The van der Waals surface area contributed by atoms with Crippen LogP contribution in [0.25, 0.3) is 0 Å². The van der Waals surface area contributed by atoms with Crippen LogP contribution in [0.5, 0.6) is 0 Å². The Bertz CT molecular complexity index is 406. The van der Waals surface area contributed by atoms with Crippen molar-refractivity contribution in [3.63, 3.8) is 0 Å². The van der Waals surface area contributed by atoms with Crippen LogP contribution in [0.2, 0.25) is 0 Å². The molecule has 0 radical (unpaired) electrons. The predicted octanol–water partition coefficient (Wildman–Crippen LogP) is 3.81. The highest BCUT2D eigenvalue weighted by atomic mass is 19.1. The van der Waals surface area contributed by atoms with E-state index in [-0.39, 0.29) is 5.82 Å². The molecule has 1 aromatic rings. The molecule has 2 rings (SSSR count). The third-order valence-electron chi connectivity index (χ3n) is 4.14. The summed E-state index contributed by atoms with van der Waals surface area (Å²) in [6.07, 6.45) is 6.55. The number of rotatable bonds is 4. The lowest BCUT2D eigenvalue weighted by molar-refractivity contribution is 0.271. The topological polar surface area (TPSA) is 29.3 Å². The van der Waals surface area contributed by atoms with Crippen molar-refractivity contribution in [2.24, 2.45) is 5.92 Å². The van der Waals surface area contributed by atoms with E-state index in [9.17, 15) is 4.39 Å². The first-order valence-corrected chi connectivity index (χ1v) is 7.45. The summed E-state index contributed by atoms with van der Waals surface area (Å²) in [6, 6.07) is 4.75. The van der Waals surface area contributed by atoms with Gasteiger partial charge in [0.2, 0.25) is 0 Å². The molecule has 0 saturated carbocycles. The third kappa shape index (κ3) is 4.20. The molecule has 1 unspecified atom stereocenters. The number of anilines is 1. The van der Waals surface area contributed by atoms with Gasteiger partial charge in [0.1, 0.15) is 5.82 Å². The van der Waals surface area contributed by atoms with Crippen LogP contribution in [-0.4, -0.2) is 18.0 Å². The second-order valence-corrected chi connectivity index (χ2v) is 5.70. The first-order chi connectivity index (χ1) is 9.19. The molecule has 1 aliphatic heterocycles. The van der Waals surface area contributed by atoms with Gasteiger partial charge >= 0.3 is 0 Å². The molecule has 0 amide bonds. The number of benzene rings is 1. The van der Waals surface area contributed by atoms with Crippen molar-refractivity contribution < 1.29 is 4.39 Å². The summed E-state index contributed by atoms with van der Waals surface area (Å²) >= 11 is 0. The molecule has 1 aliphatic rings. The first kappa shape index (κ1) is 14.3. The molecule has 1 saturated heterocycles. The second-order valence-electron chi connectivity index (χ2n) is 5.70. The van der Waals surface area contributed by atoms with E-state index in [4.69, 9.17) is 5.73 Å². The minimum absolute atomic E-state index is 0.250. The maximum atomic E-state index is 13.0. The fraction of sp³-hybridized carbons (Fsp3) is 0.625. The molecule has 1 fully saturated rings. The van der Waals surface area contributed by atoms with Gasteiger partial charge in [-0.05, 0) is 56.0 Å². The van der Waals surface area contributed by atoms with Crippen LogP contribution in [0.3, 0.4) is 0 Å². The number of nitrogen functional groups attached to an aromatic ring is 1. The lowest BCUT2D eigenvalue weighted by Crippen LogP contribution is -2.24. The van der Waals surface area contributed by atoms with Crippen molar-refractivity contribution in [1.29, 1.82) is 0 Å². The average molecular weight is 264 g/mol. The summed E-state index contributed by atoms with van der Waals surface area (Å²) in [7, 11) is 0. The van der Waals surface area contributed by atoms with E-state index in [0.29, 0.717) is 5.69 Å². The van der Waals surface area contributed by atoms with Crippen LogP contribution in [0.15, 0.2) is 18.2 Å². The Morgan fingerprint density at radius 1 is 1.32 bits per heavy atom. The SMILES string of the molecule is CCCC1CCCN(Cc2ccc(F)cc2N)CC1. The average Bonchev–Trinajstić information content (AvgIpc) is 2.59. The Labute approximate surface area is 115 Å². The highest BCUT2D eigenvalue weighted by molar-refractivity contribution is 5.46. The van der Waals surface area contributed by atoms with E-state index in [0.717, 1.165) is 31.1 Å². The molecule has 19 heavy (non-hydrogen) atoms. The second kappa shape index (κ2) is 6.90. The normalized spacial score (nSPS) is 21.3. The van der Waals surface area contributed by atoms with Gasteiger partial charge < -0.3 is 5.73 Å². The van der Waals surface area contributed by atoms with E-state index in [2.05, 4.69) is 11.8 Å². The zero-order chi connectivity index (χ0) is 13.7. The van der Waals surface area contributed by atoms with E-state index in [1.165, 1.54) is 44.2 Å². The van der Waals surface area contributed by atoms with Crippen molar-refractivity contribution in [2.75, 3.05) is 18.8 Å². The predicted molar refractivity (Wildman–Crippen MR) is 78.3 cm³/mol. The summed E-state index contributed by atoms with van der Waals surface area (Å²) < 4.78 is 13.0. The Morgan fingerprint density at radius 2 is 2.16 bits per heavy atom. The highest BCUT2D eigenvalue weighted by Gasteiger charge is 2.17. The Kier molecular flexibility index (Phi) is 5.20. The summed E-state index contributed by atoms with van der Waals surface area (Å²) in [5, 5.41) is 0. The van der Waals surface area contributed by atoms with Gasteiger partial charge in [-0.1, -0.05) is 25.8 Å². The van der Waals surface area contributed by atoms with Crippen molar-refractivity contribution in [2.45, 2.75) is 45.6 Å². The van der Waals surface area contributed by atoms with Crippen LogP contribution >= 0.6 is 0 Å². The molecule has 2 N–H and O–H groups in total. The van der Waals surface area contributed by atoms with Gasteiger partial charge in [-0.2, -0.15) is 0 Å². The smallest absolute Gasteiger partial charge is 0.125 e. The molecular weight excluding hydrogens is 239 g/mol. The lowest BCUT2D eigenvalue weighted by Gasteiger charge is -2.21. The number of likely N-dealkylation sites (tertiary alicyclic amines) is 1. The summed E-state index contributed by atoms with van der Waals surface area (Å²) in [5.74, 6) is 0.640. The van der Waals surface area contributed by atoms with Crippen molar-refractivity contribution in [3.05, 3.63) is 29.6 Å². The summed E-state index contributed by atoms with van der Waals surface area (Å²) in [6.45, 7) is 5.39. The monoisotopic (exact) mass is 264 g/mol. The van der Waals surface area contributed by atoms with Crippen LogP contribution in [-0.2, 0) is 6.54 Å². The Balaban J connectivity index is 1.92. The summed E-state index contributed by atoms with van der Waals surface area (Å²) in [5.41, 5.74) is 7.52. The van der Waals surface area contributed by atoms with Crippen molar-refractivity contribution in [3.8, 4) is 0 Å². The largest absolute Gasteiger partial charge is 0.398 e. The number of nitrogens with two attached hydrogens (primary N) is 1. The number of hydrogen-bond donors (Lipinski definition) is 1. The fourth-order valence-corrected chi connectivity index (χ4v) is 3.03. The van der Waals surface area contributed by atoms with E-state index >= 15 is 0 Å². The zero-order valence-electron chi connectivity index (χ0n) is 11.9. The molecular formula is C16H25FN2. The number of nitrogens with zero attached hydrogens (tertiary/aromatic N) is 1. The van der Waals surface area contributed by atoms with Gasteiger partial charge in [-0.15, -0.1) is 0 Å². The van der Waals surface area contributed by atoms with Gasteiger partial charge in [0.05, 0.1) is 0 Å². The molecule has 1 atom stereocenters. The van der Waals surface area contributed by atoms with Crippen LogP contribution in [0.1, 0.15) is 44.6 Å². The van der Waals surface area contributed by atoms with Crippen LogP contribution < -0.4 is 5.73 Å². The summed E-state index contributed by atoms with van der Waals surface area (Å²) in [4.78, 5) is 2.46. The van der Waals surface area contributed by atoms with Gasteiger partial charge in [0, 0.05) is 12.2 Å². The molecule has 3 heteroatoms. The zero-order valence-corrected chi connectivity index (χ0v) is 11.9. The number of hydrogen-bond acceptors (Lipinski definition) is 2. The van der Waals surface area contributed by atoms with Gasteiger partial charge in [-0.3, -0.25) is 4.90 Å². The van der Waals surface area contributed by atoms with Crippen molar-refractivity contribution in [1.82, 2.24) is 4.90 Å². The molecule has 1 heterocycles. The first-order valence-electron chi connectivity index (χ1n) is 7.45. The number of halogens is 1. The van der Waals surface area contributed by atoms with Crippen LogP contribution in [0.4, 0.5) is 10.1 Å². The van der Waals surface area contributed by atoms with Gasteiger partial charge in [-0.25, -0.2) is 4.39 Å². The molecule has 106 valence electrons. The molecule has 0 aromatic heterocycles.